The minimum absolute atomic E-state index is 0.365. The molecule has 21 heavy (non-hydrogen) atoms. The van der Waals surface area contributed by atoms with Gasteiger partial charge in [-0.25, -0.2) is 4.68 Å². The van der Waals surface area contributed by atoms with Crippen LogP contribution in [-0.4, -0.2) is 51.3 Å². The van der Waals surface area contributed by atoms with Gasteiger partial charge in [0.2, 0.25) is 0 Å². The molecule has 6 heteroatoms. The Bertz CT molecular complexity index is 561. The van der Waals surface area contributed by atoms with Gasteiger partial charge in [-0.05, 0) is 61.5 Å². The van der Waals surface area contributed by atoms with Gasteiger partial charge in [-0.1, -0.05) is 12.1 Å². The second kappa shape index (κ2) is 6.32. The fraction of sp³-hybridized carbons (Fsp3) is 0.533. The Morgan fingerprint density at radius 2 is 2.38 bits per heavy atom. The Hall–Kier alpha value is -1.79. The van der Waals surface area contributed by atoms with Gasteiger partial charge in [0.25, 0.3) is 0 Å². The summed E-state index contributed by atoms with van der Waals surface area (Å²) < 4.78 is 1.69. The summed E-state index contributed by atoms with van der Waals surface area (Å²) in [5, 5.41) is 14.9. The summed E-state index contributed by atoms with van der Waals surface area (Å²) in [5.41, 5.74) is 2.28. The fourth-order valence-corrected chi connectivity index (χ4v) is 2.88. The SMILES string of the molecule is CC(c1cccc(-n2cnnn2)c1)N(C)CC1CCCN1. The third-order valence-corrected chi connectivity index (χ3v) is 4.30. The molecular formula is C15H22N6. The van der Waals surface area contributed by atoms with Crippen LogP contribution in [0.25, 0.3) is 5.69 Å². The first-order chi connectivity index (χ1) is 10.2. The van der Waals surface area contributed by atoms with E-state index in [2.05, 4.69) is 57.9 Å². The largest absolute Gasteiger partial charge is 0.313 e. The molecule has 2 atom stereocenters. The van der Waals surface area contributed by atoms with E-state index in [0.717, 1.165) is 18.8 Å². The summed E-state index contributed by atoms with van der Waals surface area (Å²) in [6.45, 7) is 4.48. The maximum absolute atomic E-state index is 3.95. The molecule has 2 unspecified atom stereocenters. The number of nitrogens with zero attached hydrogens (tertiary/aromatic N) is 5. The Labute approximate surface area is 125 Å². The van der Waals surface area contributed by atoms with Crippen LogP contribution < -0.4 is 5.32 Å². The molecule has 2 aromatic rings. The van der Waals surface area contributed by atoms with Crippen molar-refractivity contribution in [3.63, 3.8) is 0 Å². The number of rotatable bonds is 5. The molecular weight excluding hydrogens is 264 g/mol. The number of nitrogens with one attached hydrogen (secondary N) is 1. The van der Waals surface area contributed by atoms with Crippen molar-refractivity contribution in [2.24, 2.45) is 0 Å². The van der Waals surface area contributed by atoms with Gasteiger partial charge in [-0.3, -0.25) is 4.90 Å². The molecule has 0 radical (unpaired) electrons. The van der Waals surface area contributed by atoms with E-state index in [1.165, 1.54) is 18.4 Å². The molecule has 0 bridgehead atoms. The lowest BCUT2D eigenvalue weighted by molar-refractivity contribution is 0.238. The third kappa shape index (κ3) is 3.28. The third-order valence-electron chi connectivity index (χ3n) is 4.30. The highest BCUT2D eigenvalue weighted by Gasteiger charge is 2.19. The maximum Gasteiger partial charge on any atom is 0.143 e. The summed E-state index contributed by atoms with van der Waals surface area (Å²) in [7, 11) is 2.19. The van der Waals surface area contributed by atoms with E-state index in [-0.39, 0.29) is 0 Å². The van der Waals surface area contributed by atoms with Crippen LogP contribution in [0.15, 0.2) is 30.6 Å². The molecule has 2 heterocycles. The molecule has 0 saturated carbocycles. The molecule has 1 saturated heterocycles. The fourth-order valence-electron chi connectivity index (χ4n) is 2.88. The van der Waals surface area contributed by atoms with Gasteiger partial charge in [0.15, 0.2) is 0 Å². The van der Waals surface area contributed by atoms with Crippen molar-refractivity contribution in [1.82, 2.24) is 30.4 Å². The molecule has 1 fully saturated rings. The van der Waals surface area contributed by atoms with Crippen LogP contribution in [0.4, 0.5) is 0 Å². The molecule has 1 aromatic carbocycles. The van der Waals surface area contributed by atoms with Crippen LogP contribution >= 0.6 is 0 Å². The van der Waals surface area contributed by atoms with Crippen LogP contribution in [0.5, 0.6) is 0 Å². The summed E-state index contributed by atoms with van der Waals surface area (Å²) in [4.78, 5) is 2.40. The minimum atomic E-state index is 0.365. The summed E-state index contributed by atoms with van der Waals surface area (Å²) >= 11 is 0. The summed E-state index contributed by atoms with van der Waals surface area (Å²) in [5.74, 6) is 0. The lowest BCUT2D eigenvalue weighted by Crippen LogP contribution is -2.36. The second-order valence-electron chi connectivity index (χ2n) is 5.76. The Morgan fingerprint density at radius 1 is 1.48 bits per heavy atom. The number of tetrazole rings is 1. The Kier molecular flexibility index (Phi) is 4.26. The monoisotopic (exact) mass is 286 g/mol. The van der Waals surface area contributed by atoms with Crippen LogP contribution in [0.3, 0.4) is 0 Å². The smallest absolute Gasteiger partial charge is 0.143 e. The van der Waals surface area contributed by atoms with E-state index in [4.69, 9.17) is 0 Å². The molecule has 6 nitrogen and oxygen atoms in total. The highest BCUT2D eigenvalue weighted by molar-refractivity contribution is 5.35. The van der Waals surface area contributed by atoms with Crippen molar-refractivity contribution in [2.75, 3.05) is 20.1 Å². The van der Waals surface area contributed by atoms with Crippen molar-refractivity contribution < 1.29 is 0 Å². The number of benzene rings is 1. The molecule has 1 N–H and O–H groups in total. The second-order valence-corrected chi connectivity index (χ2v) is 5.76. The lowest BCUT2D eigenvalue weighted by atomic mass is 10.1. The highest BCUT2D eigenvalue weighted by atomic mass is 15.5. The lowest BCUT2D eigenvalue weighted by Gasteiger charge is -2.28. The van der Waals surface area contributed by atoms with Gasteiger partial charge in [0.1, 0.15) is 6.33 Å². The van der Waals surface area contributed by atoms with Crippen LogP contribution in [-0.2, 0) is 0 Å². The first kappa shape index (κ1) is 14.2. The van der Waals surface area contributed by atoms with E-state index >= 15 is 0 Å². The highest BCUT2D eigenvalue weighted by Crippen LogP contribution is 2.22. The quantitative estimate of drug-likeness (QED) is 0.900. The molecule has 0 amide bonds. The first-order valence-corrected chi connectivity index (χ1v) is 7.51. The van der Waals surface area contributed by atoms with Crippen molar-refractivity contribution in [3.8, 4) is 5.69 Å². The van der Waals surface area contributed by atoms with Crippen molar-refractivity contribution >= 4 is 0 Å². The number of likely N-dealkylation sites (N-methyl/N-ethyl adjacent to an activating group) is 1. The van der Waals surface area contributed by atoms with E-state index in [1.54, 1.807) is 11.0 Å². The van der Waals surface area contributed by atoms with Crippen molar-refractivity contribution in [2.45, 2.75) is 31.8 Å². The Morgan fingerprint density at radius 3 is 3.10 bits per heavy atom. The van der Waals surface area contributed by atoms with Crippen molar-refractivity contribution in [1.29, 1.82) is 0 Å². The van der Waals surface area contributed by atoms with E-state index < -0.39 is 0 Å². The number of hydrogen-bond acceptors (Lipinski definition) is 5. The number of hydrogen-bond donors (Lipinski definition) is 1. The van der Waals surface area contributed by atoms with Crippen LogP contribution in [0, 0.1) is 0 Å². The van der Waals surface area contributed by atoms with Crippen LogP contribution in [0.2, 0.25) is 0 Å². The number of aromatic nitrogens is 4. The first-order valence-electron chi connectivity index (χ1n) is 7.51. The molecule has 1 aliphatic rings. The molecule has 0 aliphatic carbocycles. The van der Waals surface area contributed by atoms with Gasteiger partial charge < -0.3 is 5.32 Å². The van der Waals surface area contributed by atoms with Gasteiger partial charge in [0, 0.05) is 18.6 Å². The predicted octanol–water partition coefficient (Wildman–Crippen LogP) is 1.41. The molecule has 112 valence electrons. The zero-order chi connectivity index (χ0) is 14.7. The zero-order valence-electron chi connectivity index (χ0n) is 12.6. The average Bonchev–Trinajstić information content (AvgIpc) is 3.20. The molecule has 0 spiro atoms. The topological polar surface area (TPSA) is 58.9 Å². The minimum Gasteiger partial charge on any atom is -0.313 e. The normalized spacial score (nSPS) is 20.0. The van der Waals surface area contributed by atoms with Crippen molar-refractivity contribution in [3.05, 3.63) is 36.2 Å². The predicted molar refractivity (Wildman–Crippen MR) is 81.2 cm³/mol. The van der Waals surface area contributed by atoms with E-state index in [9.17, 15) is 0 Å². The Balaban J connectivity index is 1.71. The van der Waals surface area contributed by atoms with E-state index in [1.807, 2.05) is 6.07 Å². The maximum atomic E-state index is 3.95. The van der Waals surface area contributed by atoms with Gasteiger partial charge in [-0.2, -0.15) is 0 Å². The van der Waals surface area contributed by atoms with Gasteiger partial charge in [0.05, 0.1) is 5.69 Å². The van der Waals surface area contributed by atoms with Crippen LogP contribution in [0.1, 0.15) is 31.4 Å². The molecule has 1 aromatic heterocycles. The zero-order valence-corrected chi connectivity index (χ0v) is 12.6. The summed E-state index contributed by atoms with van der Waals surface area (Å²) in [6, 6.07) is 9.38. The molecule has 1 aliphatic heterocycles. The standard InChI is InChI=1S/C15H22N6/c1-12(20(2)10-14-6-4-8-16-14)13-5-3-7-15(9-13)21-11-17-18-19-21/h3,5,7,9,11-12,14,16H,4,6,8,10H2,1-2H3. The van der Waals surface area contributed by atoms with Gasteiger partial charge in [-0.15, -0.1) is 5.10 Å². The van der Waals surface area contributed by atoms with E-state index in [0.29, 0.717) is 12.1 Å². The summed E-state index contributed by atoms with van der Waals surface area (Å²) in [6.07, 6.45) is 4.19. The van der Waals surface area contributed by atoms with Gasteiger partial charge >= 0.3 is 0 Å². The average molecular weight is 286 g/mol. The molecule has 3 rings (SSSR count).